The molecule has 1 aromatic heterocycles. The highest BCUT2D eigenvalue weighted by Gasteiger charge is 2.38. The van der Waals surface area contributed by atoms with Crippen LogP contribution in [-0.4, -0.2) is 11.6 Å². The fourth-order valence-electron chi connectivity index (χ4n) is 3.16. The average Bonchev–Trinajstić information content (AvgIpc) is 2.69. The minimum atomic E-state index is -0.186. The third-order valence-electron chi connectivity index (χ3n) is 4.67. The Kier molecular flexibility index (Phi) is 5.74. The van der Waals surface area contributed by atoms with E-state index in [9.17, 15) is 9.59 Å². The van der Waals surface area contributed by atoms with E-state index in [4.69, 9.17) is 0 Å². The summed E-state index contributed by atoms with van der Waals surface area (Å²) in [5.74, 6) is -0.359. The number of Topliss-reactive ketones (excluding diaryl/α,β-unsaturated/α-hetero) is 2. The molecule has 3 aromatic rings. The lowest BCUT2D eigenvalue weighted by atomic mass is 9.90. The van der Waals surface area contributed by atoms with E-state index in [2.05, 4.69) is 5.32 Å². The summed E-state index contributed by atoms with van der Waals surface area (Å²) in [4.78, 5) is 26.4. The molecule has 2 aromatic carbocycles. The summed E-state index contributed by atoms with van der Waals surface area (Å²) in [6.45, 7) is 3.98. The van der Waals surface area contributed by atoms with Crippen LogP contribution in [0.25, 0.3) is 5.70 Å². The molecule has 1 aliphatic carbocycles. The summed E-state index contributed by atoms with van der Waals surface area (Å²) in [6.07, 6.45) is 3.61. The zero-order valence-electron chi connectivity index (χ0n) is 15.6. The normalized spacial score (nSPS) is 13.1. The standard InChI is InChI=1S/C23H18N2O2.HI/c1-15-7-9-17(10-8-15)24-20-21(25-13-11-16(2)12-14-25)23(27)19-6-4-3-5-18(19)22(20)26;/h3-14H,1-2H3;1H. The van der Waals surface area contributed by atoms with Gasteiger partial charge in [-0.15, -0.1) is 0 Å². The number of halogens is 1. The van der Waals surface area contributed by atoms with Gasteiger partial charge in [0.1, 0.15) is 0 Å². The molecule has 1 aliphatic rings. The number of anilines is 1. The van der Waals surface area contributed by atoms with Crippen LogP contribution in [0.15, 0.2) is 78.8 Å². The molecule has 5 heteroatoms. The summed E-state index contributed by atoms with van der Waals surface area (Å²) in [6, 6.07) is 18.5. The molecular formula is C23H19IN2O2. The molecule has 0 radical (unpaired) electrons. The first kappa shape index (κ1) is 19.9. The van der Waals surface area contributed by atoms with Crippen molar-refractivity contribution < 1.29 is 38.1 Å². The van der Waals surface area contributed by atoms with E-state index in [1.165, 1.54) is 0 Å². The lowest BCUT2D eigenvalue weighted by Gasteiger charge is -2.18. The monoisotopic (exact) mass is 482 g/mol. The van der Waals surface area contributed by atoms with Gasteiger partial charge in [-0.2, -0.15) is 4.57 Å². The molecule has 1 heterocycles. The molecule has 0 saturated heterocycles. The van der Waals surface area contributed by atoms with Gasteiger partial charge in [-0.25, -0.2) is 0 Å². The molecule has 0 bridgehead atoms. The van der Waals surface area contributed by atoms with Crippen molar-refractivity contribution >= 4 is 23.0 Å². The molecule has 1 N–H and O–H groups in total. The number of hydrogen-bond acceptors (Lipinski definition) is 3. The van der Waals surface area contributed by atoms with Crippen molar-refractivity contribution in [2.75, 3.05) is 5.32 Å². The van der Waals surface area contributed by atoms with E-state index in [-0.39, 0.29) is 41.2 Å². The number of pyridine rings is 1. The molecule has 0 fully saturated rings. The Balaban J connectivity index is 0.00000225. The van der Waals surface area contributed by atoms with Crippen molar-refractivity contribution in [3.05, 3.63) is 101 Å². The average molecular weight is 482 g/mol. The number of nitrogens with zero attached hydrogens (tertiary/aromatic N) is 1. The number of allylic oxidation sites excluding steroid dienone is 2. The maximum Gasteiger partial charge on any atom is 0.286 e. The number of ketones is 2. The third-order valence-corrected chi connectivity index (χ3v) is 4.67. The largest absolute Gasteiger partial charge is 1.00 e. The van der Waals surface area contributed by atoms with Crippen LogP contribution in [-0.2, 0) is 0 Å². The summed E-state index contributed by atoms with van der Waals surface area (Å²) in [5.41, 5.74) is 4.44. The number of carbonyl (C=O) groups excluding carboxylic acids is 2. The summed E-state index contributed by atoms with van der Waals surface area (Å²) >= 11 is 0. The molecular weight excluding hydrogens is 463 g/mol. The van der Waals surface area contributed by atoms with Gasteiger partial charge in [0.2, 0.25) is 5.78 Å². The van der Waals surface area contributed by atoms with E-state index in [1.54, 1.807) is 41.2 Å². The number of carbonyl (C=O) groups is 2. The van der Waals surface area contributed by atoms with Crippen molar-refractivity contribution in [2.24, 2.45) is 0 Å². The molecule has 4 rings (SSSR count). The van der Waals surface area contributed by atoms with Crippen molar-refractivity contribution in [1.29, 1.82) is 0 Å². The van der Waals surface area contributed by atoms with Crippen molar-refractivity contribution in [1.82, 2.24) is 0 Å². The van der Waals surface area contributed by atoms with Crippen LogP contribution in [0.1, 0.15) is 31.8 Å². The smallest absolute Gasteiger partial charge is 0.286 e. The molecule has 0 saturated carbocycles. The summed E-state index contributed by atoms with van der Waals surface area (Å²) in [7, 11) is 0. The molecule has 0 atom stereocenters. The van der Waals surface area contributed by atoms with Crippen molar-refractivity contribution in [3.63, 3.8) is 0 Å². The van der Waals surface area contributed by atoms with Crippen LogP contribution in [0.3, 0.4) is 0 Å². The first-order valence-electron chi connectivity index (χ1n) is 8.79. The van der Waals surface area contributed by atoms with E-state index < -0.39 is 0 Å². The van der Waals surface area contributed by atoms with Crippen LogP contribution in [0, 0.1) is 13.8 Å². The topological polar surface area (TPSA) is 50.1 Å². The first-order valence-corrected chi connectivity index (χ1v) is 8.79. The Morgan fingerprint density at radius 1 is 0.714 bits per heavy atom. The first-order chi connectivity index (χ1) is 13.0. The number of aromatic nitrogens is 1. The number of nitrogens with one attached hydrogen (secondary N) is 1. The number of rotatable bonds is 3. The second-order valence-corrected chi connectivity index (χ2v) is 6.70. The number of hydrogen-bond donors (Lipinski definition) is 1. The lowest BCUT2D eigenvalue weighted by molar-refractivity contribution is -0.577. The van der Waals surface area contributed by atoms with Gasteiger partial charge >= 0.3 is 0 Å². The Hall–Kier alpha value is -2.80. The van der Waals surface area contributed by atoms with E-state index >= 15 is 0 Å². The Morgan fingerprint density at radius 2 is 1.25 bits per heavy atom. The second-order valence-electron chi connectivity index (χ2n) is 6.70. The minimum absolute atomic E-state index is 0. The number of fused-ring (bicyclic) bond motifs is 1. The van der Waals surface area contributed by atoms with Crippen LogP contribution >= 0.6 is 0 Å². The van der Waals surface area contributed by atoms with Gasteiger partial charge < -0.3 is 29.3 Å². The zero-order valence-corrected chi connectivity index (χ0v) is 17.7. The van der Waals surface area contributed by atoms with E-state index in [0.717, 1.165) is 16.8 Å². The lowest BCUT2D eigenvalue weighted by Crippen LogP contribution is -3.00. The van der Waals surface area contributed by atoms with Crippen molar-refractivity contribution in [2.45, 2.75) is 13.8 Å². The van der Waals surface area contributed by atoms with Gasteiger partial charge in [0.15, 0.2) is 18.1 Å². The fraction of sp³-hybridized carbons (Fsp3) is 0.0870. The van der Waals surface area contributed by atoms with Gasteiger partial charge in [-0.05, 0) is 31.5 Å². The predicted octanol–water partition coefficient (Wildman–Crippen LogP) is 0.955. The SMILES string of the molecule is Cc1ccc(NC2=C([n+]3ccc(C)cc3)C(=O)c3ccccc3C2=O)cc1.[I-]. The van der Waals surface area contributed by atoms with Gasteiger partial charge in [0.25, 0.3) is 11.5 Å². The molecule has 0 spiro atoms. The molecule has 0 aliphatic heterocycles. The van der Waals surface area contributed by atoms with E-state index in [0.29, 0.717) is 16.8 Å². The Bertz CT molecular complexity index is 1080. The summed E-state index contributed by atoms with van der Waals surface area (Å²) < 4.78 is 1.71. The van der Waals surface area contributed by atoms with Gasteiger partial charge in [0, 0.05) is 28.9 Å². The van der Waals surface area contributed by atoms with Crippen LogP contribution in [0.5, 0.6) is 0 Å². The third kappa shape index (κ3) is 3.62. The highest BCUT2D eigenvalue weighted by molar-refractivity contribution is 6.36. The Morgan fingerprint density at radius 3 is 1.86 bits per heavy atom. The molecule has 4 nitrogen and oxygen atoms in total. The van der Waals surface area contributed by atoms with Crippen LogP contribution < -0.4 is 33.9 Å². The highest BCUT2D eigenvalue weighted by Crippen LogP contribution is 2.27. The second kappa shape index (κ2) is 8.06. The number of benzene rings is 2. The minimum Gasteiger partial charge on any atom is -1.00 e. The maximum absolute atomic E-state index is 13.2. The fourth-order valence-corrected chi connectivity index (χ4v) is 3.16. The zero-order chi connectivity index (χ0) is 19.0. The van der Waals surface area contributed by atoms with Gasteiger partial charge in [-0.3, -0.25) is 9.59 Å². The van der Waals surface area contributed by atoms with Gasteiger partial charge in [-0.1, -0.05) is 42.0 Å². The van der Waals surface area contributed by atoms with Crippen LogP contribution in [0.2, 0.25) is 0 Å². The Labute approximate surface area is 180 Å². The number of aryl methyl sites for hydroxylation is 2. The molecule has 0 amide bonds. The van der Waals surface area contributed by atoms with Gasteiger partial charge in [0.05, 0.1) is 0 Å². The highest BCUT2D eigenvalue weighted by atomic mass is 127. The predicted molar refractivity (Wildman–Crippen MR) is 104 cm³/mol. The molecule has 28 heavy (non-hydrogen) atoms. The van der Waals surface area contributed by atoms with Crippen LogP contribution in [0.4, 0.5) is 5.69 Å². The molecule has 0 unspecified atom stereocenters. The molecule has 140 valence electrons. The summed E-state index contributed by atoms with van der Waals surface area (Å²) in [5, 5.41) is 3.18. The van der Waals surface area contributed by atoms with Crippen molar-refractivity contribution in [3.8, 4) is 0 Å². The quantitative estimate of drug-likeness (QED) is 0.447. The maximum atomic E-state index is 13.2. The van der Waals surface area contributed by atoms with E-state index in [1.807, 2.05) is 50.2 Å².